The number of hydrogen-bond acceptors (Lipinski definition) is 4. The minimum absolute atomic E-state index is 0.390. The Labute approximate surface area is 127 Å². The van der Waals surface area contributed by atoms with Crippen LogP contribution in [0.25, 0.3) is 0 Å². The molecule has 21 heavy (non-hydrogen) atoms. The first-order valence-electron chi connectivity index (χ1n) is 7.62. The summed E-state index contributed by atoms with van der Waals surface area (Å²) >= 11 is 0. The summed E-state index contributed by atoms with van der Waals surface area (Å²) in [6, 6.07) is 8.70. The van der Waals surface area contributed by atoms with Crippen LogP contribution in [0.1, 0.15) is 19.3 Å². The molecule has 1 fully saturated rings. The van der Waals surface area contributed by atoms with Crippen molar-refractivity contribution >= 4 is 10.0 Å². The number of nitrogens with two attached hydrogens (primary N) is 1. The summed E-state index contributed by atoms with van der Waals surface area (Å²) in [4.78, 5) is 2.73. The van der Waals surface area contributed by atoms with Crippen LogP contribution in [0.15, 0.2) is 35.2 Å². The molecule has 6 heteroatoms. The quantitative estimate of drug-likeness (QED) is 0.800. The molecule has 0 bridgehead atoms. The van der Waals surface area contributed by atoms with Gasteiger partial charge >= 0.3 is 0 Å². The van der Waals surface area contributed by atoms with Gasteiger partial charge in [-0.25, -0.2) is 8.42 Å². The number of nitrogens with zero attached hydrogens (tertiary/aromatic N) is 2. The van der Waals surface area contributed by atoms with Crippen LogP contribution in [0, 0.1) is 0 Å². The topological polar surface area (TPSA) is 66.6 Å². The summed E-state index contributed by atoms with van der Waals surface area (Å²) < 4.78 is 26.8. The van der Waals surface area contributed by atoms with E-state index in [1.54, 1.807) is 28.6 Å². The summed E-state index contributed by atoms with van der Waals surface area (Å²) in [5.74, 6) is 0. The van der Waals surface area contributed by atoms with Gasteiger partial charge < -0.3 is 10.6 Å². The van der Waals surface area contributed by atoms with Crippen LogP contribution in [0.2, 0.25) is 0 Å². The smallest absolute Gasteiger partial charge is 0.243 e. The van der Waals surface area contributed by atoms with Gasteiger partial charge in [0.2, 0.25) is 10.0 Å². The normalized spacial score (nSPS) is 18.5. The van der Waals surface area contributed by atoms with Gasteiger partial charge in [-0.1, -0.05) is 18.2 Å². The molecular formula is C15H25N3O2S. The molecule has 118 valence electrons. The molecule has 0 aromatic heterocycles. The zero-order valence-electron chi connectivity index (χ0n) is 12.4. The maximum Gasteiger partial charge on any atom is 0.243 e. The highest BCUT2D eigenvalue weighted by Gasteiger charge is 2.26. The van der Waals surface area contributed by atoms with Crippen LogP contribution in [0.4, 0.5) is 0 Å². The van der Waals surface area contributed by atoms with Crippen molar-refractivity contribution in [1.82, 2.24) is 9.21 Å². The zero-order chi connectivity index (χ0) is 15.1. The predicted molar refractivity (Wildman–Crippen MR) is 84.5 cm³/mol. The first-order chi connectivity index (χ1) is 10.1. The SMILES string of the molecule is NCCCCN1CCCN(S(=O)(=O)c2ccccc2)CC1. The molecule has 1 aliphatic rings. The molecular weight excluding hydrogens is 286 g/mol. The van der Waals surface area contributed by atoms with E-state index in [9.17, 15) is 8.42 Å². The van der Waals surface area contributed by atoms with Crippen LogP contribution in [-0.4, -0.2) is 56.9 Å². The van der Waals surface area contributed by atoms with E-state index in [-0.39, 0.29) is 0 Å². The molecule has 0 unspecified atom stereocenters. The molecule has 5 nitrogen and oxygen atoms in total. The second-order valence-electron chi connectivity index (χ2n) is 5.41. The van der Waals surface area contributed by atoms with Crippen molar-refractivity contribution in [3.63, 3.8) is 0 Å². The zero-order valence-corrected chi connectivity index (χ0v) is 13.3. The molecule has 1 aromatic rings. The van der Waals surface area contributed by atoms with Crippen LogP contribution < -0.4 is 5.73 Å². The van der Waals surface area contributed by atoms with E-state index < -0.39 is 10.0 Å². The highest BCUT2D eigenvalue weighted by Crippen LogP contribution is 2.17. The van der Waals surface area contributed by atoms with Crippen LogP contribution in [-0.2, 0) is 10.0 Å². The molecule has 0 aliphatic carbocycles. The standard InChI is InChI=1S/C15H25N3O2S/c16-9-4-5-10-17-11-6-12-18(14-13-17)21(19,20)15-7-2-1-3-8-15/h1-3,7-8H,4-6,9-14,16H2. The molecule has 1 saturated heterocycles. The first kappa shape index (κ1) is 16.4. The van der Waals surface area contributed by atoms with Crippen LogP contribution >= 0.6 is 0 Å². The molecule has 2 rings (SSSR count). The van der Waals surface area contributed by atoms with E-state index >= 15 is 0 Å². The van der Waals surface area contributed by atoms with Gasteiger partial charge in [0, 0.05) is 19.6 Å². The maximum atomic E-state index is 12.6. The fourth-order valence-corrected chi connectivity index (χ4v) is 4.12. The van der Waals surface area contributed by atoms with Gasteiger partial charge in [0.05, 0.1) is 4.90 Å². The van der Waals surface area contributed by atoms with Crippen LogP contribution in [0.5, 0.6) is 0 Å². The Kier molecular flexibility index (Phi) is 6.17. The summed E-state index contributed by atoms with van der Waals surface area (Å²) in [6.45, 7) is 4.67. The molecule has 0 radical (unpaired) electrons. The second kappa shape index (κ2) is 7.89. The number of hydrogen-bond donors (Lipinski definition) is 1. The van der Waals surface area contributed by atoms with E-state index in [2.05, 4.69) is 4.90 Å². The lowest BCUT2D eigenvalue weighted by Crippen LogP contribution is -2.35. The van der Waals surface area contributed by atoms with Gasteiger partial charge in [0.25, 0.3) is 0 Å². The minimum atomic E-state index is -3.35. The lowest BCUT2D eigenvalue weighted by Gasteiger charge is -2.21. The highest BCUT2D eigenvalue weighted by molar-refractivity contribution is 7.89. The van der Waals surface area contributed by atoms with Gasteiger partial charge in [0.1, 0.15) is 0 Å². The Hall–Kier alpha value is -0.950. The van der Waals surface area contributed by atoms with Crippen molar-refractivity contribution in [2.45, 2.75) is 24.2 Å². The number of unbranched alkanes of at least 4 members (excludes halogenated alkanes) is 1. The molecule has 0 amide bonds. The number of benzene rings is 1. The van der Waals surface area contributed by atoms with Crippen molar-refractivity contribution in [1.29, 1.82) is 0 Å². The Morgan fingerprint density at radius 2 is 1.76 bits per heavy atom. The van der Waals surface area contributed by atoms with Crippen LogP contribution in [0.3, 0.4) is 0 Å². The summed E-state index contributed by atoms with van der Waals surface area (Å²) in [5, 5.41) is 0. The van der Waals surface area contributed by atoms with Crippen molar-refractivity contribution in [3.8, 4) is 0 Å². The average molecular weight is 311 g/mol. The monoisotopic (exact) mass is 311 g/mol. The summed E-state index contributed by atoms with van der Waals surface area (Å²) in [6.07, 6.45) is 3.00. The molecule has 0 spiro atoms. The third-order valence-corrected chi connectivity index (χ3v) is 5.77. The highest BCUT2D eigenvalue weighted by atomic mass is 32.2. The maximum absolute atomic E-state index is 12.6. The van der Waals surface area contributed by atoms with Crippen molar-refractivity contribution in [3.05, 3.63) is 30.3 Å². The molecule has 0 saturated carbocycles. The van der Waals surface area contributed by atoms with E-state index in [0.29, 0.717) is 18.0 Å². The fourth-order valence-electron chi connectivity index (χ4n) is 2.63. The number of rotatable bonds is 6. The van der Waals surface area contributed by atoms with Crippen molar-refractivity contribution in [2.75, 3.05) is 39.3 Å². The third-order valence-electron chi connectivity index (χ3n) is 3.86. The molecule has 2 N–H and O–H groups in total. The van der Waals surface area contributed by atoms with E-state index in [4.69, 9.17) is 5.73 Å². The minimum Gasteiger partial charge on any atom is -0.330 e. The lowest BCUT2D eigenvalue weighted by molar-refractivity contribution is 0.281. The first-order valence-corrected chi connectivity index (χ1v) is 9.06. The van der Waals surface area contributed by atoms with Gasteiger partial charge in [0.15, 0.2) is 0 Å². The molecule has 1 aliphatic heterocycles. The second-order valence-corrected chi connectivity index (χ2v) is 7.35. The van der Waals surface area contributed by atoms with Gasteiger partial charge in [-0.05, 0) is 51.0 Å². The van der Waals surface area contributed by atoms with Gasteiger partial charge in [-0.15, -0.1) is 0 Å². The lowest BCUT2D eigenvalue weighted by atomic mass is 10.3. The fraction of sp³-hybridized carbons (Fsp3) is 0.600. The Balaban J connectivity index is 1.96. The van der Waals surface area contributed by atoms with E-state index in [1.807, 2.05) is 6.07 Å². The summed E-state index contributed by atoms with van der Waals surface area (Å²) in [5.41, 5.74) is 5.51. The number of sulfonamides is 1. The van der Waals surface area contributed by atoms with E-state index in [0.717, 1.165) is 45.4 Å². The largest absolute Gasteiger partial charge is 0.330 e. The summed E-state index contributed by atoms with van der Waals surface area (Å²) in [7, 11) is -3.35. The van der Waals surface area contributed by atoms with Gasteiger partial charge in [-0.2, -0.15) is 4.31 Å². The molecule has 1 heterocycles. The average Bonchev–Trinajstić information content (AvgIpc) is 2.75. The van der Waals surface area contributed by atoms with Crippen molar-refractivity contribution < 1.29 is 8.42 Å². The van der Waals surface area contributed by atoms with E-state index in [1.165, 1.54) is 0 Å². The van der Waals surface area contributed by atoms with Gasteiger partial charge in [-0.3, -0.25) is 0 Å². The Bertz CT molecular complexity index is 519. The Morgan fingerprint density at radius 3 is 2.48 bits per heavy atom. The molecule has 0 atom stereocenters. The third kappa shape index (κ3) is 4.51. The Morgan fingerprint density at radius 1 is 1.00 bits per heavy atom. The molecule has 1 aromatic carbocycles. The van der Waals surface area contributed by atoms with Crippen molar-refractivity contribution in [2.24, 2.45) is 5.73 Å². The predicted octanol–water partition coefficient (Wildman–Crippen LogP) is 1.12.